The van der Waals surface area contributed by atoms with E-state index in [1.807, 2.05) is 0 Å². The Balaban J connectivity index is 1.66. The first-order valence-corrected chi connectivity index (χ1v) is 34.3. The van der Waals surface area contributed by atoms with E-state index in [0.29, 0.717) is 0 Å². The Hall–Kier alpha value is -1.96. The normalized spacial score (nSPS) is 18.6. The van der Waals surface area contributed by atoms with Crippen molar-refractivity contribution in [2.45, 2.75) is 99.4 Å². The molecule has 0 aliphatic heterocycles. The molecule has 0 aromatic heterocycles. The van der Waals surface area contributed by atoms with Crippen LogP contribution >= 0.6 is 17.0 Å². The van der Waals surface area contributed by atoms with Crippen molar-refractivity contribution in [1.82, 2.24) is 0 Å². The number of halogens is 2. The molecule has 0 amide bonds. The molecule has 2 unspecified atom stereocenters. The summed E-state index contributed by atoms with van der Waals surface area (Å²) in [4.78, 5) is 0. The third-order valence-electron chi connectivity index (χ3n) is 11.3. The summed E-state index contributed by atoms with van der Waals surface area (Å²) in [5.74, 6) is -1.66. The van der Waals surface area contributed by atoms with Crippen molar-refractivity contribution in [3.05, 3.63) is 129 Å². The van der Waals surface area contributed by atoms with Gasteiger partial charge in [0.05, 0.1) is 0 Å². The van der Waals surface area contributed by atoms with Crippen molar-refractivity contribution in [1.29, 1.82) is 0 Å². The number of hydrogen-bond acceptors (Lipinski definition) is 0. The molecule has 0 heterocycles. The molecule has 251 valence electrons. The van der Waals surface area contributed by atoms with Crippen molar-refractivity contribution in [2.24, 2.45) is 0 Å². The zero-order valence-electron chi connectivity index (χ0n) is 30.6. The predicted octanol–water partition coefficient (Wildman–Crippen LogP) is 14.0. The number of allylic oxidation sites excluding steroid dienone is 2. The van der Waals surface area contributed by atoms with E-state index < -0.39 is 21.5 Å². The summed E-state index contributed by atoms with van der Waals surface area (Å²) in [7, 11) is 17.5. The number of benzene rings is 4. The van der Waals surface area contributed by atoms with Gasteiger partial charge in [0.2, 0.25) is 0 Å². The quantitative estimate of drug-likeness (QED) is 0.164. The van der Waals surface area contributed by atoms with E-state index in [-0.39, 0.29) is 18.1 Å². The monoisotopic (exact) mass is 769 g/mol. The number of rotatable bonds is 7. The first kappa shape index (κ1) is 35.9. The molecule has 2 aliphatic rings. The van der Waals surface area contributed by atoms with Gasteiger partial charge in [-0.05, 0) is 0 Å². The van der Waals surface area contributed by atoms with Crippen LogP contribution < -0.4 is 0 Å². The molecule has 2 atom stereocenters. The predicted molar refractivity (Wildman–Crippen MR) is 214 cm³/mol. The summed E-state index contributed by atoms with van der Waals surface area (Å²) in [5.41, 5.74) is 16.3. The molecular weight excluding hydrogens is 719 g/mol. The molecule has 48 heavy (non-hydrogen) atoms. The Bertz CT molecular complexity index is 1790. The van der Waals surface area contributed by atoms with Crippen LogP contribution in [0.3, 0.4) is 0 Å². The minimum absolute atomic E-state index is 0.00756. The van der Waals surface area contributed by atoms with Gasteiger partial charge in [-0.2, -0.15) is 0 Å². The van der Waals surface area contributed by atoms with Gasteiger partial charge in [0.25, 0.3) is 0 Å². The first-order chi connectivity index (χ1) is 22.5. The summed E-state index contributed by atoms with van der Waals surface area (Å²) in [6.07, 6.45) is 6.92. The van der Waals surface area contributed by atoms with Crippen LogP contribution in [0.2, 0.25) is 13.1 Å². The zero-order chi connectivity index (χ0) is 34.8. The molecule has 4 aromatic carbocycles. The third kappa shape index (κ3) is 5.66. The van der Waals surface area contributed by atoms with Crippen LogP contribution in [0.5, 0.6) is 0 Å². The second-order valence-electron chi connectivity index (χ2n) is 16.6. The molecule has 6 rings (SSSR count). The van der Waals surface area contributed by atoms with Crippen molar-refractivity contribution in [3.63, 3.8) is 0 Å². The van der Waals surface area contributed by atoms with Gasteiger partial charge in [-0.25, -0.2) is 0 Å². The van der Waals surface area contributed by atoms with E-state index >= 15 is 0 Å². The topological polar surface area (TPSA) is 0 Å². The second-order valence-corrected chi connectivity index (χ2v) is 59.1. The SMILES string of the molecule is CCC1=Cc2c(ccc(C(C)(C)C)c2-c2ccccc2)[CH]1[Zr]([Cl])([Cl])([CH]1C(CC)=Cc2c1ccc(C(C)(C)C)c2-c1ccccc1)[SiH](C)C. The molecule has 0 nitrogen and oxygen atoms in total. The molecule has 0 saturated carbocycles. The number of hydrogen-bond donors (Lipinski definition) is 0. The van der Waals surface area contributed by atoms with Crippen LogP contribution in [0.15, 0.2) is 96.1 Å². The zero-order valence-corrected chi connectivity index (χ0v) is 35.8. The van der Waals surface area contributed by atoms with Crippen molar-refractivity contribution in [3.8, 4) is 22.3 Å². The van der Waals surface area contributed by atoms with E-state index in [4.69, 9.17) is 17.0 Å². The van der Waals surface area contributed by atoms with Crippen LogP contribution in [0.25, 0.3) is 34.4 Å². The van der Waals surface area contributed by atoms with E-state index in [1.54, 1.807) is 0 Å². The Morgan fingerprint density at radius 3 is 1.21 bits per heavy atom. The van der Waals surface area contributed by atoms with Gasteiger partial charge in [-0.1, -0.05) is 0 Å². The van der Waals surface area contributed by atoms with E-state index in [1.165, 1.54) is 66.8 Å². The summed E-state index contributed by atoms with van der Waals surface area (Å²) < 4.78 is 0.178. The van der Waals surface area contributed by atoms with E-state index in [9.17, 15) is 0 Å². The third-order valence-corrected chi connectivity index (χ3v) is 63.2. The average molecular weight is 772 g/mol. The summed E-state index contributed by atoms with van der Waals surface area (Å²) in [6, 6.07) is 31.6. The van der Waals surface area contributed by atoms with E-state index in [0.717, 1.165) is 12.8 Å². The second kappa shape index (κ2) is 12.7. The van der Waals surface area contributed by atoms with Gasteiger partial charge in [-0.3, -0.25) is 0 Å². The molecule has 0 fully saturated rings. The molecule has 4 heteroatoms. The van der Waals surface area contributed by atoms with Crippen LogP contribution in [0, 0.1) is 0 Å². The molecule has 0 spiro atoms. The van der Waals surface area contributed by atoms with Crippen molar-refractivity contribution in [2.75, 3.05) is 0 Å². The Kier molecular flexibility index (Phi) is 9.46. The Morgan fingerprint density at radius 1 is 0.562 bits per heavy atom. The summed E-state index contributed by atoms with van der Waals surface area (Å²) in [5, 5.41) is 0. The summed E-state index contributed by atoms with van der Waals surface area (Å²) >= 11 is -4.88. The van der Waals surface area contributed by atoms with Gasteiger partial charge in [0.15, 0.2) is 0 Å². The van der Waals surface area contributed by atoms with Crippen LogP contribution in [-0.4, -0.2) is 5.92 Å². The molecule has 2 aliphatic carbocycles. The molecule has 0 bridgehead atoms. The average Bonchev–Trinajstić information content (AvgIpc) is 3.63. The molecule has 0 radical (unpaired) electrons. The Morgan fingerprint density at radius 2 is 0.917 bits per heavy atom. The van der Waals surface area contributed by atoms with Gasteiger partial charge in [0.1, 0.15) is 0 Å². The maximum atomic E-state index is 8.76. The van der Waals surface area contributed by atoms with Gasteiger partial charge >= 0.3 is 302 Å². The van der Waals surface area contributed by atoms with Crippen LogP contribution in [0.4, 0.5) is 0 Å². The van der Waals surface area contributed by atoms with Gasteiger partial charge in [-0.15, -0.1) is 0 Å². The maximum absolute atomic E-state index is 8.76. The van der Waals surface area contributed by atoms with Crippen LogP contribution in [-0.2, 0) is 26.4 Å². The molecular formula is C44H53Cl2SiZr. The standard InChI is InChI=1S/2C21H23.C2H7Si.2ClH.Zr/c2*1-5-15-13-17-11-12-19(21(2,3)4)20(18(17)14-15)16-9-7-6-8-10-16;1-3-2;;;/h2*6-14H,5H2,1-4H3;3H,1-2H3;2*1H;/q;;;;;+2/p-2. The fourth-order valence-corrected chi connectivity index (χ4v) is 40.6. The van der Waals surface area contributed by atoms with Crippen molar-refractivity contribution >= 4 is 35.1 Å². The molecule has 4 aromatic rings. The first-order valence-electron chi connectivity index (χ1n) is 18.0. The number of fused-ring (bicyclic) bond motifs is 2. The van der Waals surface area contributed by atoms with Gasteiger partial charge < -0.3 is 0 Å². The van der Waals surface area contributed by atoms with Crippen molar-refractivity contribution < 1.29 is 15.6 Å². The fraction of sp³-hybridized carbons (Fsp3) is 0.364. The fourth-order valence-electron chi connectivity index (χ4n) is 8.85. The molecule has 0 saturated heterocycles. The summed E-state index contributed by atoms with van der Waals surface area (Å²) in [6.45, 7) is 23.5. The Labute approximate surface area is 299 Å². The minimum atomic E-state index is -4.88. The van der Waals surface area contributed by atoms with Crippen LogP contribution in [0.1, 0.15) is 109 Å². The van der Waals surface area contributed by atoms with E-state index in [2.05, 4.69) is 166 Å². The van der Waals surface area contributed by atoms with Gasteiger partial charge in [0, 0.05) is 0 Å². The molecule has 0 N–H and O–H groups in total.